The molecule has 0 saturated carbocycles. The maximum absolute atomic E-state index is 13.5. The molecule has 0 aliphatic carbocycles. The fraction of sp³-hybridized carbons (Fsp3) is 0.0345. The van der Waals surface area contributed by atoms with Crippen LogP contribution in [-0.2, 0) is 10.0 Å². The van der Waals surface area contributed by atoms with E-state index in [-0.39, 0.29) is 22.2 Å². The summed E-state index contributed by atoms with van der Waals surface area (Å²) in [5.41, 5.74) is 0.942. The molecule has 8 nitrogen and oxygen atoms in total. The molecule has 0 atom stereocenters. The minimum atomic E-state index is -4.05. The Labute approximate surface area is 219 Å². The van der Waals surface area contributed by atoms with Gasteiger partial charge < -0.3 is 9.84 Å². The number of ether oxygens (including phenoxy) is 1. The second-order valence-corrected chi connectivity index (χ2v) is 10.0. The normalized spacial score (nSPS) is 11.6. The summed E-state index contributed by atoms with van der Waals surface area (Å²) in [7, 11) is -2.61. The van der Waals surface area contributed by atoms with Gasteiger partial charge in [0.05, 0.1) is 34.6 Å². The lowest BCUT2D eigenvalue weighted by Gasteiger charge is -2.15. The zero-order chi connectivity index (χ0) is 26.7. The van der Waals surface area contributed by atoms with Gasteiger partial charge in [0.25, 0.3) is 15.6 Å². The molecule has 0 spiro atoms. The van der Waals surface area contributed by atoms with Gasteiger partial charge in [0.1, 0.15) is 5.75 Å². The van der Waals surface area contributed by atoms with Crippen LogP contribution in [-0.4, -0.2) is 31.4 Å². The minimum absolute atomic E-state index is 0.0973. The molecule has 9 heteroatoms. The molecule has 0 radical (unpaired) electrons. The summed E-state index contributed by atoms with van der Waals surface area (Å²) in [5.74, 6) is -0.00131. The van der Waals surface area contributed by atoms with Gasteiger partial charge in [-0.2, -0.15) is 0 Å². The molecule has 190 valence electrons. The maximum atomic E-state index is 13.5. The lowest BCUT2D eigenvalue weighted by Crippen LogP contribution is -2.21. The second kappa shape index (κ2) is 10.2. The van der Waals surface area contributed by atoms with Crippen LogP contribution < -0.4 is 15.0 Å². The van der Waals surface area contributed by atoms with Crippen LogP contribution >= 0.6 is 0 Å². The smallest absolute Gasteiger partial charge is 0.265 e. The summed E-state index contributed by atoms with van der Waals surface area (Å²) < 4.78 is 35.3. The first-order valence-electron chi connectivity index (χ1n) is 11.6. The standard InChI is InChI=1S/C29H23N3O5S/c1-37-27-17-8-7-16-26(27)31-38(35,36)22-13-9-12-21(18-22)32-28(33)24-15-6-5-14-23(24)25(29(32)34)19-30-20-10-3-2-4-11-20/h2-19,31,34H,1H3. The van der Waals surface area contributed by atoms with E-state index in [0.717, 1.165) is 4.57 Å². The lowest BCUT2D eigenvalue weighted by atomic mass is 10.1. The molecule has 1 heterocycles. The summed E-state index contributed by atoms with van der Waals surface area (Å²) in [6, 6.07) is 28.5. The van der Waals surface area contributed by atoms with Crippen LogP contribution in [0.4, 0.5) is 11.4 Å². The van der Waals surface area contributed by atoms with Crippen molar-refractivity contribution in [1.29, 1.82) is 0 Å². The number of hydrogen-bond donors (Lipinski definition) is 2. The number of methoxy groups -OCH3 is 1. The van der Waals surface area contributed by atoms with Crippen molar-refractivity contribution in [3.8, 4) is 17.3 Å². The number of para-hydroxylation sites is 3. The predicted octanol–water partition coefficient (Wildman–Crippen LogP) is 5.26. The monoisotopic (exact) mass is 525 g/mol. The van der Waals surface area contributed by atoms with Gasteiger partial charge in [-0.15, -0.1) is 0 Å². The maximum Gasteiger partial charge on any atom is 0.265 e. The summed E-state index contributed by atoms with van der Waals surface area (Å²) in [6.45, 7) is 0. The van der Waals surface area contributed by atoms with Crippen molar-refractivity contribution in [3.05, 3.63) is 119 Å². The Bertz CT molecular complexity index is 1830. The number of nitrogens with zero attached hydrogens (tertiary/aromatic N) is 2. The van der Waals surface area contributed by atoms with Crippen LogP contribution in [0.5, 0.6) is 11.6 Å². The van der Waals surface area contributed by atoms with Crippen molar-refractivity contribution in [2.45, 2.75) is 4.90 Å². The quantitative estimate of drug-likeness (QED) is 0.282. The lowest BCUT2D eigenvalue weighted by molar-refractivity contribution is 0.417. The highest BCUT2D eigenvalue weighted by Gasteiger charge is 2.20. The van der Waals surface area contributed by atoms with Crippen LogP contribution in [0.25, 0.3) is 16.5 Å². The molecule has 0 amide bonds. The molecule has 38 heavy (non-hydrogen) atoms. The number of aromatic hydroxyl groups is 1. The summed E-state index contributed by atoms with van der Waals surface area (Å²) >= 11 is 0. The SMILES string of the molecule is COc1ccccc1NS(=O)(=O)c1cccc(-n2c(O)c(C=Nc3ccccc3)c3ccccc3c2=O)c1. The molecule has 5 rings (SSSR count). The van der Waals surface area contributed by atoms with Crippen molar-refractivity contribution in [3.63, 3.8) is 0 Å². The number of aliphatic imine (C=N–C) groups is 1. The van der Waals surface area contributed by atoms with Crippen molar-refractivity contribution in [2.24, 2.45) is 4.99 Å². The Morgan fingerprint density at radius 2 is 1.55 bits per heavy atom. The molecule has 4 aromatic carbocycles. The molecular formula is C29H23N3O5S. The summed E-state index contributed by atoms with van der Waals surface area (Å²) in [5, 5.41) is 12.2. The van der Waals surface area contributed by atoms with Gasteiger partial charge in [-0.25, -0.2) is 13.0 Å². The molecule has 0 aliphatic rings. The summed E-state index contributed by atoms with van der Waals surface area (Å²) in [4.78, 5) is 17.8. The van der Waals surface area contributed by atoms with Crippen molar-refractivity contribution >= 4 is 38.4 Å². The second-order valence-electron chi connectivity index (χ2n) is 8.32. The fourth-order valence-electron chi connectivity index (χ4n) is 4.10. The van der Waals surface area contributed by atoms with Gasteiger partial charge in [-0.05, 0) is 48.5 Å². The number of aromatic nitrogens is 1. The zero-order valence-electron chi connectivity index (χ0n) is 20.3. The molecule has 0 fully saturated rings. The third-order valence-corrected chi connectivity index (χ3v) is 7.30. The molecule has 0 saturated heterocycles. The van der Waals surface area contributed by atoms with E-state index in [4.69, 9.17) is 4.74 Å². The topological polar surface area (TPSA) is 110 Å². The van der Waals surface area contributed by atoms with E-state index in [1.165, 1.54) is 31.5 Å². The highest BCUT2D eigenvalue weighted by Crippen LogP contribution is 2.29. The van der Waals surface area contributed by atoms with Gasteiger partial charge in [0, 0.05) is 17.0 Å². The van der Waals surface area contributed by atoms with Crippen molar-refractivity contribution < 1.29 is 18.3 Å². The molecule has 1 aromatic heterocycles. The number of fused-ring (bicyclic) bond motifs is 1. The van der Waals surface area contributed by atoms with Crippen molar-refractivity contribution in [2.75, 3.05) is 11.8 Å². The average Bonchev–Trinajstić information content (AvgIpc) is 2.94. The number of hydrogen-bond acceptors (Lipinski definition) is 6. The van der Waals surface area contributed by atoms with Gasteiger partial charge >= 0.3 is 0 Å². The van der Waals surface area contributed by atoms with Crippen LogP contribution in [0.3, 0.4) is 0 Å². The number of benzene rings is 4. The highest BCUT2D eigenvalue weighted by atomic mass is 32.2. The number of pyridine rings is 1. The van der Waals surface area contributed by atoms with E-state index in [9.17, 15) is 18.3 Å². The first kappa shape index (κ1) is 24.8. The Hall–Kier alpha value is -4.89. The van der Waals surface area contributed by atoms with Crippen LogP contribution in [0.1, 0.15) is 5.56 Å². The third-order valence-electron chi connectivity index (χ3n) is 5.94. The summed E-state index contributed by atoms with van der Waals surface area (Å²) in [6.07, 6.45) is 1.49. The molecular weight excluding hydrogens is 502 g/mol. The van der Waals surface area contributed by atoms with Gasteiger partial charge in [-0.1, -0.05) is 54.6 Å². The van der Waals surface area contributed by atoms with E-state index in [2.05, 4.69) is 9.71 Å². The van der Waals surface area contributed by atoms with Gasteiger partial charge in [-0.3, -0.25) is 14.5 Å². The Kier molecular flexibility index (Phi) is 6.68. The Balaban J connectivity index is 1.64. The van der Waals surface area contributed by atoms with Crippen molar-refractivity contribution in [1.82, 2.24) is 4.57 Å². The highest BCUT2D eigenvalue weighted by molar-refractivity contribution is 7.92. The van der Waals surface area contributed by atoms with Crippen LogP contribution in [0, 0.1) is 0 Å². The number of anilines is 1. The minimum Gasteiger partial charge on any atom is -0.495 e. The first-order valence-corrected chi connectivity index (χ1v) is 13.1. The van der Waals surface area contributed by atoms with E-state index in [1.807, 2.05) is 30.3 Å². The molecule has 2 N–H and O–H groups in total. The van der Waals surface area contributed by atoms with E-state index in [0.29, 0.717) is 27.8 Å². The van der Waals surface area contributed by atoms with Crippen LogP contribution in [0.15, 0.2) is 118 Å². The number of nitrogens with one attached hydrogen (secondary N) is 1. The molecule has 0 bridgehead atoms. The van der Waals surface area contributed by atoms with E-state index in [1.54, 1.807) is 54.6 Å². The average molecular weight is 526 g/mol. The van der Waals surface area contributed by atoms with Gasteiger partial charge in [0.2, 0.25) is 5.88 Å². The molecule has 0 aliphatic heterocycles. The fourth-order valence-corrected chi connectivity index (χ4v) is 5.21. The predicted molar refractivity (Wildman–Crippen MR) is 149 cm³/mol. The number of sulfonamides is 1. The Morgan fingerprint density at radius 3 is 2.32 bits per heavy atom. The van der Waals surface area contributed by atoms with E-state index < -0.39 is 15.6 Å². The van der Waals surface area contributed by atoms with E-state index >= 15 is 0 Å². The third kappa shape index (κ3) is 4.74. The zero-order valence-corrected chi connectivity index (χ0v) is 21.1. The number of rotatable bonds is 7. The molecule has 5 aromatic rings. The Morgan fingerprint density at radius 1 is 0.868 bits per heavy atom. The largest absolute Gasteiger partial charge is 0.495 e. The van der Waals surface area contributed by atoms with Crippen LogP contribution in [0.2, 0.25) is 0 Å². The first-order chi connectivity index (χ1) is 18.4. The van der Waals surface area contributed by atoms with Gasteiger partial charge in [0.15, 0.2) is 0 Å². The molecule has 0 unspecified atom stereocenters.